The smallest absolute Gasteiger partial charge is 0.312 e. The zero-order valence-corrected chi connectivity index (χ0v) is 7.29. The van der Waals surface area contributed by atoms with E-state index in [1.54, 1.807) is 0 Å². The summed E-state index contributed by atoms with van der Waals surface area (Å²) in [6, 6.07) is 0. The van der Waals surface area contributed by atoms with Crippen molar-refractivity contribution in [2.75, 3.05) is 6.54 Å². The number of carboxylic acid groups (broad SMARTS) is 1. The van der Waals surface area contributed by atoms with Crippen molar-refractivity contribution in [3.8, 4) is 0 Å². The fourth-order valence-corrected chi connectivity index (χ4v) is 1.73. The van der Waals surface area contributed by atoms with Gasteiger partial charge in [-0.15, -0.1) is 0 Å². The lowest BCUT2D eigenvalue weighted by molar-refractivity contribution is -0.138. The van der Waals surface area contributed by atoms with Gasteiger partial charge in [-0.2, -0.15) is 5.10 Å². The van der Waals surface area contributed by atoms with Crippen LogP contribution >= 0.6 is 0 Å². The van der Waals surface area contributed by atoms with Gasteiger partial charge in [-0.1, -0.05) is 0 Å². The van der Waals surface area contributed by atoms with Gasteiger partial charge in [0.2, 0.25) is 0 Å². The number of nitrogens with one attached hydrogen (secondary N) is 2. The second-order valence-electron chi connectivity index (χ2n) is 3.23. The third-order valence-electron chi connectivity index (χ3n) is 2.36. The van der Waals surface area contributed by atoms with Gasteiger partial charge in [-0.3, -0.25) is 9.89 Å². The zero-order valence-electron chi connectivity index (χ0n) is 7.29. The van der Waals surface area contributed by atoms with E-state index in [9.17, 15) is 4.79 Å². The standard InChI is InChI=1S/C8H11N3O2/c1-4-7-5(8(12)13)2-9-3-6(7)11-10-4/h5,9H,2-3H2,1H3,(H,10,11)(H,12,13). The molecule has 0 aromatic carbocycles. The van der Waals surface area contributed by atoms with E-state index in [4.69, 9.17) is 5.11 Å². The Bertz CT molecular complexity index is 345. The number of carbonyl (C=O) groups is 1. The number of aliphatic carboxylic acids is 1. The molecule has 70 valence electrons. The van der Waals surface area contributed by atoms with Crippen LogP contribution in [0.15, 0.2) is 0 Å². The van der Waals surface area contributed by atoms with Gasteiger partial charge in [-0.25, -0.2) is 0 Å². The third kappa shape index (κ3) is 1.21. The minimum absolute atomic E-state index is 0.456. The number of H-pyrrole nitrogens is 1. The molecule has 0 fully saturated rings. The van der Waals surface area contributed by atoms with Crippen LogP contribution in [0, 0.1) is 6.92 Å². The number of hydrogen-bond donors (Lipinski definition) is 3. The lowest BCUT2D eigenvalue weighted by Gasteiger charge is -2.19. The van der Waals surface area contributed by atoms with Crippen LogP contribution in [0.1, 0.15) is 22.9 Å². The van der Waals surface area contributed by atoms with Gasteiger partial charge in [0.1, 0.15) is 0 Å². The molecule has 1 aliphatic heterocycles. The molecule has 2 rings (SSSR count). The predicted molar refractivity (Wildman–Crippen MR) is 45.4 cm³/mol. The van der Waals surface area contributed by atoms with Gasteiger partial charge in [0.25, 0.3) is 0 Å². The molecule has 0 amide bonds. The van der Waals surface area contributed by atoms with Crippen LogP contribution in [0.2, 0.25) is 0 Å². The molecule has 3 N–H and O–H groups in total. The molecule has 5 heteroatoms. The quantitative estimate of drug-likeness (QED) is 0.569. The highest BCUT2D eigenvalue weighted by Gasteiger charge is 2.29. The normalized spacial score (nSPS) is 21.2. The number of rotatable bonds is 1. The Hall–Kier alpha value is -1.36. The topological polar surface area (TPSA) is 78.0 Å². The summed E-state index contributed by atoms with van der Waals surface area (Å²) in [6.07, 6.45) is 0. The number of aromatic amines is 1. The number of fused-ring (bicyclic) bond motifs is 1. The largest absolute Gasteiger partial charge is 0.481 e. The predicted octanol–water partition coefficient (Wildman–Crippen LogP) is -0.0105. The summed E-state index contributed by atoms with van der Waals surface area (Å²) in [7, 11) is 0. The van der Waals surface area contributed by atoms with Crippen molar-refractivity contribution in [3.63, 3.8) is 0 Å². The monoisotopic (exact) mass is 181 g/mol. The van der Waals surface area contributed by atoms with Crippen molar-refractivity contribution in [3.05, 3.63) is 17.0 Å². The fraction of sp³-hybridized carbons (Fsp3) is 0.500. The first-order valence-corrected chi connectivity index (χ1v) is 4.17. The Kier molecular flexibility index (Phi) is 1.81. The molecule has 0 saturated heterocycles. The average molecular weight is 181 g/mol. The maximum Gasteiger partial charge on any atom is 0.312 e. The molecule has 5 nitrogen and oxygen atoms in total. The van der Waals surface area contributed by atoms with E-state index in [1.807, 2.05) is 6.92 Å². The minimum atomic E-state index is -0.794. The van der Waals surface area contributed by atoms with Crippen molar-refractivity contribution >= 4 is 5.97 Å². The van der Waals surface area contributed by atoms with Gasteiger partial charge in [0.05, 0.1) is 11.6 Å². The molecular weight excluding hydrogens is 170 g/mol. The number of aryl methyl sites for hydroxylation is 1. The van der Waals surface area contributed by atoms with Crippen LogP contribution in [0.25, 0.3) is 0 Å². The van der Waals surface area contributed by atoms with Gasteiger partial charge in [-0.05, 0) is 6.92 Å². The maximum atomic E-state index is 10.9. The Balaban J connectivity index is 2.46. The first-order chi connectivity index (χ1) is 6.20. The van der Waals surface area contributed by atoms with Crippen LogP contribution in [0.3, 0.4) is 0 Å². The van der Waals surface area contributed by atoms with Crippen LogP contribution in [-0.2, 0) is 11.3 Å². The summed E-state index contributed by atoms with van der Waals surface area (Å²) in [4.78, 5) is 10.9. The highest BCUT2D eigenvalue weighted by atomic mass is 16.4. The highest BCUT2D eigenvalue weighted by Crippen LogP contribution is 2.25. The Morgan fingerprint density at radius 2 is 2.46 bits per heavy atom. The minimum Gasteiger partial charge on any atom is -0.481 e. The van der Waals surface area contributed by atoms with Crippen molar-refractivity contribution in [1.29, 1.82) is 0 Å². The molecule has 1 atom stereocenters. The molecule has 0 bridgehead atoms. The number of nitrogens with zero attached hydrogens (tertiary/aromatic N) is 1. The van der Waals surface area contributed by atoms with Crippen LogP contribution in [0.5, 0.6) is 0 Å². The van der Waals surface area contributed by atoms with E-state index in [-0.39, 0.29) is 0 Å². The zero-order chi connectivity index (χ0) is 9.42. The molecule has 1 unspecified atom stereocenters. The van der Waals surface area contributed by atoms with E-state index < -0.39 is 11.9 Å². The molecule has 1 aromatic heterocycles. The van der Waals surface area contributed by atoms with Crippen molar-refractivity contribution in [2.24, 2.45) is 0 Å². The summed E-state index contributed by atoms with van der Waals surface area (Å²) in [6.45, 7) is 3.00. The van der Waals surface area contributed by atoms with Crippen molar-refractivity contribution in [1.82, 2.24) is 15.5 Å². The molecule has 2 heterocycles. The summed E-state index contributed by atoms with van der Waals surface area (Å²) in [5.74, 6) is -1.25. The average Bonchev–Trinajstić information content (AvgIpc) is 2.48. The Morgan fingerprint density at radius 3 is 3.15 bits per heavy atom. The van der Waals surface area contributed by atoms with Crippen molar-refractivity contribution < 1.29 is 9.90 Å². The molecule has 13 heavy (non-hydrogen) atoms. The highest BCUT2D eigenvalue weighted by molar-refractivity contribution is 5.77. The maximum absolute atomic E-state index is 10.9. The van der Waals surface area contributed by atoms with Gasteiger partial charge >= 0.3 is 5.97 Å². The first-order valence-electron chi connectivity index (χ1n) is 4.17. The summed E-state index contributed by atoms with van der Waals surface area (Å²) >= 11 is 0. The first kappa shape index (κ1) is 8.25. The van der Waals surface area contributed by atoms with Crippen LogP contribution < -0.4 is 5.32 Å². The van der Waals surface area contributed by atoms with E-state index in [2.05, 4.69) is 15.5 Å². The van der Waals surface area contributed by atoms with Crippen LogP contribution in [-0.4, -0.2) is 27.8 Å². The van der Waals surface area contributed by atoms with Gasteiger partial charge in [0, 0.05) is 24.3 Å². The summed E-state index contributed by atoms with van der Waals surface area (Å²) in [5, 5.41) is 18.8. The number of aromatic nitrogens is 2. The molecule has 0 radical (unpaired) electrons. The fourth-order valence-electron chi connectivity index (χ4n) is 1.73. The number of carboxylic acids is 1. The SMILES string of the molecule is Cc1[nH]nc2c1C(C(=O)O)CNC2. The molecule has 0 spiro atoms. The third-order valence-corrected chi connectivity index (χ3v) is 2.36. The van der Waals surface area contributed by atoms with E-state index in [1.165, 1.54) is 0 Å². The molecule has 0 aliphatic carbocycles. The summed E-state index contributed by atoms with van der Waals surface area (Å²) < 4.78 is 0. The van der Waals surface area contributed by atoms with Crippen molar-refractivity contribution in [2.45, 2.75) is 19.4 Å². The lowest BCUT2D eigenvalue weighted by Crippen LogP contribution is -2.32. The van der Waals surface area contributed by atoms with Gasteiger partial charge in [0.15, 0.2) is 0 Å². The summed E-state index contributed by atoms with van der Waals surface area (Å²) in [5.41, 5.74) is 2.55. The number of hydrogen-bond acceptors (Lipinski definition) is 3. The second-order valence-corrected chi connectivity index (χ2v) is 3.23. The van der Waals surface area contributed by atoms with Gasteiger partial charge < -0.3 is 10.4 Å². The Labute approximate surface area is 75.2 Å². The lowest BCUT2D eigenvalue weighted by atomic mass is 9.94. The molecule has 0 saturated carbocycles. The second kappa shape index (κ2) is 2.85. The van der Waals surface area contributed by atoms with E-state index >= 15 is 0 Å². The Morgan fingerprint density at radius 1 is 1.69 bits per heavy atom. The molecule has 1 aromatic rings. The molecule has 1 aliphatic rings. The van der Waals surface area contributed by atoms with E-state index in [0.29, 0.717) is 13.1 Å². The molecular formula is C8H11N3O2. The van der Waals surface area contributed by atoms with E-state index in [0.717, 1.165) is 17.0 Å². The van der Waals surface area contributed by atoms with Crippen LogP contribution in [0.4, 0.5) is 0 Å².